The van der Waals surface area contributed by atoms with Crippen LogP contribution in [0.15, 0.2) is 44.5 Å². The molecule has 3 aromatic heterocycles. The van der Waals surface area contributed by atoms with Gasteiger partial charge in [0, 0.05) is 19.7 Å². The molecule has 3 heterocycles. The molecule has 29 heavy (non-hydrogen) atoms. The van der Waals surface area contributed by atoms with Crippen LogP contribution in [-0.4, -0.2) is 18.5 Å². The fourth-order valence-corrected chi connectivity index (χ4v) is 3.73. The monoisotopic (exact) mass is 394 g/mol. The van der Waals surface area contributed by atoms with Crippen LogP contribution in [-0.2, 0) is 20.5 Å². The summed E-state index contributed by atoms with van der Waals surface area (Å²) in [6, 6.07) is 8.33. The zero-order valence-electron chi connectivity index (χ0n) is 17.1. The van der Waals surface area contributed by atoms with Gasteiger partial charge in [-0.25, -0.2) is 4.79 Å². The fourth-order valence-electron chi connectivity index (χ4n) is 3.73. The second-order valence-corrected chi connectivity index (χ2v) is 7.60. The van der Waals surface area contributed by atoms with E-state index >= 15 is 0 Å². The molecule has 0 unspecified atom stereocenters. The Morgan fingerprint density at radius 3 is 2.41 bits per heavy atom. The van der Waals surface area contributed by atoms with E-state index in [1.54, 1.807) is 17.6 Å². The number of benzene rings is 1. The highest BCUT2D eigenvalue weighted by molar-refractivity contribution is 5.76. The Bertz CT molecular complexity index is 1270. The van der Waals surface area contributed by atoms with Gasteiger partial charge in [0.1, 0.15) is 0 Å². The normalized spacial score (nSPS) is 11.7. The molecule has 0 aliphatic heterocycles. The lowest BCUT2D eigenvalue weighted by atomic mass is 10.0. The van der Waals surface area contributed by atoms with E-state index in [9.17, 15) is 9.59 Å². The highest BCUT2D eigenvalue weighted by atomic mass is 16.4. The standard InChI is InChI=1S/C22H26N4O3/c1-4-5-6-7-8-9-15-10-12-16(13-11-15)17-14-26-18-19(23-21(26)29-17)24(2)22(28)25(3)20(18)27/h10-14H,4-9H2,1-3H3. The third kappa shape index (κ3) is 3.41. The third-order valence-corrected chi connectivity index (χ3v) is 5.51. The first-order chi connectivity index (χ1) is 14.0. The van der Waals surface area contributed by atoms with Gasteiger partial charge >= 0.3 is 11.5 Å². The smallest absolute Gasteiger partial charge is 0.332 e. The average Bonchev–Trinajstić information content (AvgIpc) is 3.29. The number of rotatable bonds is 7. The van der Waals surface area contributed by atoms with Crippen molar-refractivity contribution in [3.63, 3.8) is 0 Å². The summed E-state index contributed by atoms with van der Waals surface area (Å²) >= 11 is 0. The summed E-state index contributed by atoms with van der Waals surface area (Å²) in [5.41, 5.74) is 2.11. The van der Waals surface area contributed by atoms with Crippen molar-refractivity contribution in [2.24, 2.45) is 14.1 Å². The summed E-state index contributed by atoms with van der Waals surface area (Å²) in [5.74, 6) is 0.938. The van der Waals surface area contributed by atoms with Crippen LogP contribution in [0.1, 0.15) is 44.6 Å². The summed E-state index contributed by atoms with van der Waals surface area (Å²) in [5, 5.41) is 0. The number of hydrogen-bond acceptors (Lipinski definition) is 4. The molecule has 0 saturated heterocycles. The Hall–Kier alpha value is -3.09. The summed E-state index contributed by atoms with van der Waals surface area (Å²) in [6.07, 6.45) is 9.21. The van der Waals surface area contributed by atoms with Gasteiger partial charge in [0.05, 0.1) is 6.20 Å². The molecule has 7 heteroatoms. The Kier molecular flexibility index (Phi) is 5.13. The number of hydrogen-bond donors (Lipinski definition) is 0. The molecule has 152 valence electrons. The number of imidazole rings is 1. The van der Waals surface area contributed by atoms with Crippen molar-refractivity contribution < 1.29 is 4.42 Å². The van der Waals surface area contributed by atoms with Crippen LogP contribution in [0.4, 0.5) is 0 Å². The van der Waals surface area contributed by atoms with E-state index < -0.39 is 5.69 Å². The minimum absolute atomic E-state index is 0.299. The molecule has 0 fully saturated rings. The highest BCUT2D eigenvalue weighted by Crippen LogP contribution is 2.25. The molecule has 0 radical (unpaired) electrons. The summed E-state index contributed by atoms with van der Waals surface area (Å²) < 4.78 is 9.94. The van der Waals surface area contributed by atoms with Gasteiger partial charge in [-0.15, -0.1) is 0 Å². The van der Waals surface area contributed by atoms with Crippen molar-refractivity contribution in [2.75, 3.05) is 0 Å². The number of aryl methyl sites for hydroxylation is 2. The van der Waals surface area contributed by atoms with Gasteiger partial charge in [0.15, 0.2) is 16.9 Å². The Morgan fingerprint density at radius 2 is 1.69 bits per heavy atom. The molecule has 0 N–H and O–H groups in total. The summed E-state index contributed by atoms with van der Waals surface area (Å²) in [4.78, 5) is 29.0. The second-order valence-electron chi connectivity index (χ2n) is 7.60. The van der Waals surface area contributed by atoms with Crippen LogP contribution in [0, 0.1) is 0 Å². The second kappa shape index (κ2) is 7.73. The quantitative estimate of drug-likeness (QED) is 0.448. The van der Waals surface area contributed by atoms with E-state index in [2.05, 4.69) is 24.0 Å². The SMILES string of the molecule is CCCCCCCc1ccc(-c2cn3c(nc4c3c(=O)n(C)c(=O)n4C)o2)cc1. The first-order valence-electron chi connectivity index (χ1n) is 10.2. The largest absolute Gasteiger partial charge is 0.423 e. The van der Waals surface area contributed by atoms with Crippen molar-refractivity contribution in [1.29, 1.82) is 0 Å². The van der Waals surface area contributed by atoms with E-state index in [4.69, 9.17) is 4.42 Å². The zero-order valence-corrected chi connectivity index (χ0v) is 17.1. The van der Waals surface area contributed by atoms with E-state index in [-0.39, 0.29) is 5.56 Å². The molecule has 1 aromatic carbocycles. The maximum Gasteiger partial charge on any atom is 0.332 e. The van der Waals surface area contributed by atoms with E-state index in [0.717, 1.165) is 16.6 Å². The van der Waals surface area contributed by atoms with Gasteiger partial charge in [-0.2, -0.15) is 4.98 Å². The Balaban J connectivity index is 1.62. The van der Waals surface area contributed by atoms with Crippen molar-refractivity contribution >= 4 is 17.0 Å². The number of fused-ring (bicyclic) bond motifs is 3. The number of aromatic nitrogens is 4. The lowest BCUT2D eigenvalue weighted by molar-refractivity contribution is 0.610. The Morgan fingerprint density at radius 1 is 0.966 bits per heavy atom. The van der Waals surface area contributed by atoms with E-state index in [0.29, 0.717) is 22.8 Å². The maximum atomic E-state index is 12.6. The maximum absolute atomic E-state index is 12.6. The first-order valence-corrected chi connectivity index (χ1v) is 10.2. The highest BCUT2D eigenvalue weighted by Gasteiger charge is 2.18. The Labute approximate surface area is 168 Å². The molecule has 0 bridgehead atoms. The van der Waals surface area contributed by atoms with Crippen molar-refractivity contribution in [3.8, 4) is 11.3 Å². The molecule has 0 saturated carbocycles. The molecule has 0 amide bonds. The van der Waals surface area contributed by atoms with Crippen LogP contribution < -0.4 is 11.2 Å². The van der Waals surface area contributed by atoms with E-state index in [1.807, 2.05) is 12.1 Å². The third-order valence-electron chi connectivity index (χ3n) is 5.51. The van der Waals surface area contributed by atoms with Crippen LogP contribution in [0.2, 0.25) is 0 Å². The number of unbranched alkanes of at least 4 members (excludes halogenated alkanes) is 4. The van der Waals surface area contributed by atoms with Gasteiger partial charge in [-0.05, 0) is 18.4 Å². The van der Waals surface area contributed by atoms with Gasteiger partial charge < -0.3 is 4.42 Å². The van der Waals surface area contributed by atoms with Crippen LogP contribution >= 0.6 is 0 Å². The predicted octanol–water partition coefficient (Wildman–Crippen LogP) is 3.66. The minimum atomic E-state index is -0.409. The molecule has 4 rings (SSSR count). The number of nitrogens with zero attached hydrogens (tertiary/aromatic N) is 4. The molecule has 4 aromatic rings. The first kappa shape index (κ1) is 19.2. The van der Waals surface area contributed by atoms with Gasteiger partial charge in [-0.3, -0.25) is 18.3 Å². The van der Waals surface area contributed by atoms with Crippen molar-refractivity contribution in [2.45, 2.75) is 45.4 Å². The molecule has 0 spiro atoms. The summed E-state index contributed by atoms with van der Waals surface area (Å²) in [7, 11) is 3.06. The topological polar surface area (TPSA) is 74.4 Å². The predicted molar refractivity (Wildman–Crippen MR) is 113 cm³/mol. The minimum Gasteiger partial charge on any atom is -0.423 e. The molecular weight excluding hydrogens is 368 g/mol. The lowest BCUT2D eigenvalue weighted by Crippen LogP contribution is -2.37. The molecular formula is C22H26N4O3. The molecule has 7 nitrogen and oxygen atoms in total. The number of oxazole rings is 1. The van der Waals surface area contributed by atoms with Crippen LogP contribution in [0.5, 0.6) is 0 Å². The summed E-state index contributed by atoms with van der Waals surface area (Å²) in [6.45, 7) is 2.23. The van der Waals surface area contributed by atoms with Crippen LogP contribution in [0.3, 0.4) is 0 Å². The van der Waals surface area contributed by atoms with Crippen molar-refractivity contribution in [3.05, 3.63) is 56.9 Å². The van der Waals surface area contributed by atoms with E-state index in [1.165, 1.54) is 49.3 Å². The van der Waals surface area contributed by atoms with Crippen LogP contribution in [0.25, 0.3) is 28.3 Å². The fraction of sp³-hybridized carbons (Fsp3) is 0.409. The van der Waals surface area contributed by atoms with Gasteiger partial charge in [0.25, 0.3) is 5.56 Å². The molecule has 0 atom stereocenters. The van der Waals surface area contributed by atoms with Gasteiger partial charge in [0.2, 0.25) is 0 Å². The molecule has 0 aliphatic rings. The lowest BCUT2D eigenvalue weighted by Gasteiger charge is -2.03. The molecule has 0 aliphatic carbocycles. The van der Waals surface area contributed by atoms with Gasteiger partial charge in [-0.1, -0.05) is 56.9 Å². The van der Waals surface area contributed by atoms with Crippen molar-refractivity contribution in [1.82, 2.24) is 18.5 Å². The average molecular weight is 394 g/mol. The zero-order chi connectivity index (χ0) is 20.5.